The first-order valence-electron chi connectivity index (χ1n) is 11.0. The highest BCUT2D eigenvalue weighted by Gasteiger charge is 1.98. The summed E-state index contributed by atoms with van der Waals surface area (Å²) in [6.07, 6.45) is 23.1. The van der Waals surface area contributed by atoms with E-state index in [0.717, 1.165) is 0 Å². The van der Waals surface area contributed by atoms with Crippen molar-refractivity contribution < 1.29 is 0 Å². The summed E-state index contributed by atoms with van der Waals surface area (Å²) >= 11 is 0. The molecule has 0 heterocycles. The van der Waals surface area contributed by atoms with Gasteiger partial charge in [0.15, 0.2) is 0 Å². The Hall–Kier alpha value is -0.780. The lowest BCUT2D eigenvalue weighted by Gasteiger charge is -2.07. The zero-order valence-electron chi connectivity index (χ0n) is 18.3. The van der Waals surface area contributed by atoms with E-state index < -0.39 is 0 Å². The summed E-state index contributed by atoms with van der Waals surface area (Å²) in [6, 6.07) is 0. The van der Waals surface area contributed by atoms with Crippen LogP contribution in [0.25, 0.3) is 0 Å². The smallest absolute Gasteiger partial charge is 0.0348 e. The molecule has 0 atom stereocenters. The third-order valence-corrected chi connectivity index (χ3v) is 5.50. The minimum absolute atomic E-state index is 1.23. The highest BCUT2D eigenvalue weighted by Crippen LogP contribution is 2.18. The molecule has 0 aliphatic heterocycles. The van der Waals surface area contributed by atoms with Gasteiger partial charge in [-0.05, 0) is 64.2 Å². The molecule has 146 valence electrons. The van der Waals surface area contributed by atoms with Gasteiger partial charge in [-0.2, -0.15) is 0 Å². The van der Waals surface area contributed by atoms with Crippen molar-refractivity contribution in [1.29, 1.82) is 0 Å². The summed E-state index contributed by atoms with van der Waals surface area (Å²) in [5, 5.41) is 0. The number of hydrogen-bond acceptors (Lipinski definition) is 0. The molecule has 0 aliphatic carbocycles. The molecular formula is C25H46. The van der Waals surface area contributed by atoms with Gasteiger partial charge < -0.3 is 0 Å². The fourth-order valence-electron chi connectivity index (χ4n) is 3.16. The van der Waals surface area contributed by atoms with Crippen LogP contribution in [0.5, 0.6) is 0 Å². The largest absolute Gasteiger partial charge is 0.0843 e. The van der Waals surface area contributed by atoms with Crippen molar-refractivity contribution >= 4 is 0 Å². The maximum absolute atomic E-state index is 2.37. The summed E-state index contributed by atoms with van der Waals surface area (Å²) < 4.78 is 0. The van der Waals surface area contributed by atoms with Crippen LogP contribution in [0.1, 0.15) is 125 Å². The maximum atomic E-state index is 2.37. The summed E-state index contributed by atoms with van der Waals surface area (Å²) in [7, 11) is 0. The molecule has 0 rings (SSSR count). The standard InChI is InChI=1S/C25H46/c1-7-8-9-10-11-12-13-14-15-16-17-18-19-20-21-23(4)25(6)24(5)22(2)3/h20-21H,7-19H2,1-6H3. The van der Waals surface area contributed by atoms with E-state index in [4.69, 9.17) is 0 Å². The minimum Gasteiger partial charge on any atom is -0.0843 e. The van der Waals surface area contributed by atoms with Crippen LogP contribution in [0.4, 0.5) is 0 Å². The fraction of sp³-hybridized carbons (Fsp3) is 0.760. The van der Waals surface area contributed by atoms with Crippen molar-refractivity contribution in [2.75, 3.05) is 0 Å². The van der Waals surface area contributed by atoms with Crippen LogP contribution in [0.3, 0.4) is 0 Å². The lowest BCUT2D eigenvalue weighted by Crippen LogP contribution is -1.87. The zero-order valence-corrected chi connectivity index (χ0v) is 18.3. The van der Waals surface area contributed by atoms with Crippen molar-refractivity contribution in [1.82, 2.24) is 0 Å². The van der Waals surface area contributed by atoms with E-state index in [1.165, 1.54) is 106 Å². The maximum Gasteiger partial charge on any atom is -0.0348 e. The molecule has 0 aliphatic rings. The van der Waals surface area contributed by atoms with Gasteiger partial charge in [-0.1, -0.05) is 95.3 Å². The van der Waals surface area contributed by atoms with E-state index in [-0.39, 0.29) is 0 Å². The second-order valence-corrected chi connectivity index (χ2v) is 8.01. The molecule has 0 fully saturated rings. The summed E-state index contributed by atoms with van der Waals surface area (Å²) in [6.45, 7) is 13.4. The van der Waals surface area contributed by atoms with Crippen molar-refractivity contribution in [3.05, 3.63) is 34.4 Å². The van der Waals surface area contributed by atoms with Gasteiger partial charge in [-0.15, -0.1) is 0 Å². The van der Waals surface area contributed by atoms with Gasteiger partial charge >= 0.3 is 0 Å². The van der Waals surface area contributed by atoms with Gasteiger partial charge in [-0.3, -0.25) is 0 Å². The van der Waals surface area contributed by atoms with E-state index in [1.807, 2.05) is 0 Å². The van der Waals surface area contributed by atoms with Gasteiger partial charge in [0.25, 0.3) is 0 Å². The van der Waals surface area contributed by atoms with E-state index >= 15 is 0 Å². The molecule has 0 amide bonds. The van der Waals surface area contributed by atoms with E-state index in [1.54, 1.807) is 0 Å². The van der Waals surface area contributed by atoms with E-state index in [9.17, 15) is 0 Å². The van der Waals surface area contributed by atoms with Crippen LogP contribution in [-0.4, -0.2) is 0 Å². The summed E-state index contributed by atoms with van der Waals surface area (Å²) in [5.74, 6) is 0. The Morgan fingerprint density at radius 2 is 1.00 bits per heavy atom. The molecule has 0 aromatic rings. The SMILES string of the molecule is CCCCCCCCCCCCCCC=CC(C)=C(C)C(C)=C(C)C. The number of rotatable bonds is 15. The third-order valence-electron chi connectivity index (χ3n) is 5.50. The molecule has 0 aromatic carbocycles. The van der Waals surface area contributed by atoms with Crippen molar-refractivity contribution in [3.8, 4) is 0 Å². The molecule has 0 saturated heterocycles. The predicted molar refractivity (Wildman–Crippen MR) is 117 cm³/mol. The molecule has 0 aromatic heterocycles. The van der Waals surface area contributed by atoms with Crippen LogP contribution >= 0.6 is 0 Å². The van der Waals surface area contributed by atoms with E-state index in [0.29, 0.717) is 0 Å². The monoisotopic (exact) mass is 346 g/mol. The zero-order chi connectivity index (χ0) is 18.9. The molecule has 0 unspecified atom stereocenters. The molecule has 0 heteroatoms. The Balaban J connectivity index is 3.58. The molecule has 0 spiro atoms. The quantitative estimate of drug-likeness (QED) is 0.205. The molecule has 0 N–H and O–H groups in total. The molecule has 0 bridgehead atoms. The minimum atomic E-state index is 1.23. The van der Waals surface area contributed by atoms with Crippen LogP contribution in [0.2, 0.25) is 0 Å². The van der Waals surface area contributed by atoms with E-state index in [2.05, 4.69) is 53.7 Å². The van der Waals surface area contributed by atoms with Crippen molar-refractivity contribution in [2.45, 2.75) is 125 Å². The van der Waals surface area contributed by atoms with Gasteiger partial charge in [0, 0.05) is 0 Å². The average Bonchev–Trinajstić information content (AvgIpc) is 2.60. The Kier molecular flexibility index (Phi) is 16.2. The second-order valence-electron chi connectivity index (χ2n) is 8.01. The van der Waals surface area contributed by atoms with Crippen LogP contribution in [0.15, 0.2) is 34.4 Å². The molecule has 0 saturated carbocycles. The summed E-state index contributed by atoms with van der Waals surface area (Å²) in [4.78, 5) is 0. The Labute approximate surface area is 159 Å². The fourth-order valence-corrected chi connectivity index (χ4v) is 3.16. The van der Waals surface area contributed by atoms with Crippen molar-refractivity contribution in [2.24, 2.45) is 0 Å². The first-order valence-corrected chi connectivity index (χ1v) is 11.0. The first kappa shape index (κ1) is 24.2. The molecule has 0 nitrogen and oxygen atoms in total. The summed E-state index contributed by atoms with van der Waals surface area (Å²) in [5.41, 5.74) is 5.71. The predicted octanol–water partition coefficient (Wildman–Crippen LogP) is 9.33. The molecular weight excluding hydrogens is 300 g/mol. The second kappa shape index (κ2) is 16.7. The van der Waals surface area contributed by atoms with Crippen molar-refractivity contribution in [3.63, 3.8) is 0 Å². The van der Waals surface area contributed by atoms with Crippen LogP contribution < -0.4 is 0 Å². The normalized spacial score (nSPS) is 12.6. The Morgan fingerprint density at radius 1 is 0.560 bits per heavy atom. The van der Waals surface area contributed by atoms with Gasteiger partial charge in [-0.25, -0.2) is 0 Å². The highest BCUT2D eigenvalue weighted by atomic mass is 14.0. The van der Waals surface area contributed by atoms with Gasteiger partial charge in [0.05, 0.1) is 0 Å². The highest BCUT2D eigenvalue weighted by molar-refractivity contribution is 5.38. The topological polar surface area (TPSA) is 0 Å². The average molecular weight is 347 g/mol. The van der Waals surface area contributed by atoms with Crippen LogP contribution in [-0.2, 0) is 0 Å². The lowest BCUT2D eigenvalue weighted by atomic mass is 9.99. The first-order chi connectivity index (χ1) is 12.0. The number of unbranched alkanes of at least 4 members (excludes halogenated alkanes) is 12. The number of allylic oxidation sites excluding steroid dienone is 6. The Bertz CT molecular complexity index is 402. The molecule has 25 heavy (non-hydrogen) atoms. The van der Waals surface area contributed by atoms with Gasteiger partial charge in [0.2, 0.25) is 0 Å². The lowest BCUT2D eigenvalue weighted by molar-refractivity contribution is 0.545. The van der Waals surface area contributed by atoms with Gasteiger partial charge in [0.1, 0.15) is 0 Å². The Morgan fingerprint density at radius 3 is 1.44 bits per heavy atom. The third kappa shape index (κ3) is 14.1. The number of hydrogen-bond donors (Lipinski definition) is 0. The van der Waals surface area contributed by atoms with Crippen LogP contribution in [0, 0.1) is 0 Å². The molecule has 0 radical (unpaired) electrons.